The number of amides is 2. The average Bonchev–Trinajstić information content (AvgIpc) is 3.21. The predicted octanol–water partition coefficient (Wildman–Crippen LogP) is 3.42. The van der Waals surface area contributed by atoms with Crippen LogP contribution in [0.3, 0.4) is 0 Å². The molecular weight excluding hydrogens is 433 g/mol. The molecule has 3 aromatic rings. The normalized spacial score (nSPS) is 14.7. The fraction of sp³-hybridized carbons (Fsp3) is 0.318. The minimum Gasteiger partial charge on any atom is -0.331 e. The molecule has 1 aliphatic rings. The first-order valence-corrected chi connectivity index (χ1v) is 12.2. The van der Waals surface area contributed by atoms with Crippen molar-refractivity contribution in [3.63, 3.8) is 0 Å². The highest BCUT2D eigenvalue weighted by Crippen LogP contribution is 2.29. The number of urea groups is 1. The number of fused-ring (bicyclic) bond motifs is 1. The maximum Gasteiger partial charge on any atom is 0.322 e. The lowest BCUT2D eigenvalue weighted by Crippen LogP contribution is -2.44. The summed E-state index contributed by atoms with van der Waals surface area (Å²) in [7, 11) is -3.39. The molecule has 10 heteroatoms. The summed E-state index contributed by atoms with van der Waals surface area (Å²) in [5, 5.41) is 7.44. The molecule has 0 spiro atoms. The van der Waals surface area contributed by atoms with Gasteiger partial charge in [0.25, 0.3) is 0 Å². The second-order valence-corrected chi connectivity index (χ2v) is 9.69. The van der Waals surface area contributed by atoms with E-state index in [1.165, 1.54) is 24.4 Å². The molecule has 2 amide bonds. The van der Waals surface area contributed by atoms with E-state index in [1.54, 1.807) is 34.0 Å². The van der Waals surface area contributed by atoms with Crippen molar-refractivity contribution in [1.82, 2.24) is 20.1 Å². The Bertz CT molecular complexity index is 1220. The summed E-state index contributed by atoms with van der Waals surface area (Å²) in [5.41, 5.74) is 3.08. The lowest BCUT2D eigenvalue weighted by molar-refractivity contribution is 0.241. The molecule has 0 radical (unpaired) electrons. The molecule has 1 aromatic carbocycles. The van der Waals surface area contributed by atoms with Crippen LogP contribution < -0.4 is 10.2 Å². The molecule has 8 nitrogen and oxygen atoms in total. The third-order valence-corrected chi connectivity index (χ3v) is 6.50. The third kappa shape index (κ3) is 4.36. The number of nitrogens with one attached hydrogen (secondary N) is 1. The Morgan fingerprint density at radius 2 is 1.94 bits per heavy atom. The number of carbonyl (C=O) groups excluding carboxylic acids is 1. The highest BCUT2D eigenvalue weighted by atomic mass is 32.2. The van der Waals surface area contributed by atoms with Gasteiger partial charge in [0.05, 0.1) is 29.3 Å². The Kier molecular flexibility index (Phi) is 5.96. The fourth-order valence-corrected chi connectivity index (χ4v) is 4.39. The Morgan fingerprint density at radius 3 is 2.56 bits per heavy atom. The molecule has 32 heavy (non-hydrogen) atoms. The third-order valence-electron chi connectivity index (χ3n) is 5.50. The smallest absolute Gasteiger partial charge is 0.322 e. The molecular formula is C22H24FN5O3S. The number of benzene rings is 1. The predicted molar refractivity (Wildman–Crippen MR) is 118 cm³/mol. The van der Waals surface area contributed by atoms with Gasteiger partial charge in [-0.05, 0) is 55.2 Å². The zero-order valence-corrected chi connectivity index (χ0v) is 18.6. The van der Waals surface area contributed by atoms with E-state index in [0.717, 1.165) is 41.7 Å². The van der Waals surface area contributed by atoms with Crippen LogP contribution in [-0.2, 0) is 16.3 Å². The molecule has 0 fully saturated rings. The number of aromatic nitrogens is 3. The summed E-state index contributed by atoms with van der Waals surface area (Å²) >= 11 is 0. The van der Waals surface area contributed by atoms with Crippen LogP contribution in [0.4, 0.5) is 14.9 Å². The Morgan fingerprint density at radius 1 is 1.19 bits per heavy atom. The highest BCUT2D eigenvalue weighted by molar-refractivity contribution is 7.90. The minimum absolute atomic E-state index is 0.00342. The number of hydrogen-bond donors (Lipinski definition) is 1. The molecule has 0 aliphatic carbocycles. The number of pyridine rings is 1. The van der Waals surface area contributed by atoms with Crippen molar-refractivity contribution >= 4 is 21.6 Å². The maximum absolute atomic E-state index is 13.3. The molecule has 3 heterocycles. The second kappa shape index (κ2) is 8.70. The number of rotatable bonds is 5. The first-order chi connectivity index (χ1) is 15.3. The molecule has 168 valence electrons. The van der Waals surface area contributed by atoms with Gasteiger partial charge in [-0.25, -0.2) is 27.3 Å². The van der Waals surface area contributed by atoms with Crippen LogP contribution in [-0.4, -0.2) is 42.0 Å². The average molecular weight is 458 g/mol. The van der Waals surface area contributed by atoms with E-state index >= 15 is 0 Å². The highest BCUT2D eigenvalue weighted by Gasteiger charge is 2.28. The maximum atomic E-state index is 13.3. The molecule has 0 unspecified atom stereocenters. The lowest BCUT2D eigenvalue weighted by atomic mass is 10.1. The van der Waals surface area contributed by atoms with Gasteiger partial charge in [0.15, 0.2) is 14.9 Å². The number of nitrogens with zero attached hydrogens (tertiary/aromatic N) is 4. The summed E-state index contributed by atoms with van der Waals surface area (Å²) in [6.45, 7) is 2.49. The summed E-state index contributed by atoms with van der Waals surface area (Å²) in [6.07, 6.45) is 6.38. The van der Waals surface area contributed by atoms with Crippen molar-refractivity contribution < 1.29 is 17.6 Å². The number of sulfone groups is 1. The van der Waals surface area contributed by atoms with Crippen molar-refractivity contribution in [3.8, 4) is 5.69 Å². The number of hydrogen-bond acceptors (Lipinski definition) is 5. The van der Waals surface area contributed by atoms with Crippen molar-refractivity contribution in [2.45, 2.75) is 37.3 Å². The van der Waals surface area contributed by atoms with Crippen LogP contribution in [0.25, 0.3) is 5.69 Å². The van der Waals surface area contributed by atoms with Crippen molar-refractivity contribution in [3.05, 3.63) is 65.9 Å². The van der Waals surface area contributed by atoms with Gasteiger partial charge in [0, 0.05) is 19.0 Å². The second-order valence-electron chi connectivity index (χ2n) is 7.73. The molecule has 0 saturated heterocycles. The van der Waals surface area contributed by atoms with E-state index in [4.69, 9.17) is 0 Å². The van der Waals surface area contributed by atoms with E-state index in [0.29, 0.717) is 13.0 Å². The first kappa shape index (κ1) is 21.9. The van der Waals surface area contributed by atoms with Crippen molar-refractivity contribution in [2.75, 3.05) is 17.7 Å². The molecule has 2 aromatic heterocycles. The quantitative estimate of drug-likeness (QED) is 0.633. The topological polar surface area (TPSA) is 97.2 Å². The summed E-state index contributed by atoms with van der Waals surface area (Å²) in [6, 6.07) is 8.61. The summed E-state index contributed by atoms with van der Waals surface area (Å²) in [5.74, 6) is -0.319. The number of halogens is 1. The Hall–Kier alpha value is -3.27. The van der Waals surface area contributed by atoms with Crippen LogP contribution in [0.5, 0.6) is 0 Å². The first-order valence-electron chi connectivity index (χ1n) is 10.3. The molecule has 0 bridgehead atoms. The minimum atomic E-state index is -3.39. The SMILES string of the molecule is CC[C@H](NC(=O)N1CCCc2c1cnn2-c1ccc(F)cc1)c1ccc(S(C)(=O)=O)nc1. The van der Waals surface area contributed by atoms with Crippen LogP contribution in [0, 0.1) is 5.82 Å². The Balaban J connectivity index is 1.55. The van der Waals surface area contributed by atoms with E-state index in [1.807, 2.05) is 6.92 Å². The van der Waals surface area contributed by atoms with Gasteiger partial charge in [-0.15, -0.1) is 0 Å². The van der Waals surface area contributed by atoms with Gasteiger partial charge in [-0.3, -0.25) is 4.90 Å². The zero-order valence-electron chi connectivity index (χ0n) is 17.8. The lowest BCUT2D eigenvalue weighted by Gasteiger charge is -2.29. The van der Waals surface area contributed by atoms with E-state index < -0.39 is 9.84 Å². The van der Waals surface area contributed by atoms with E-state index in [2.05, 4.69) is 15.4 Å². The van der Waals surface area contributed by atoms with Crippen molar-refractivity contribution in [2.24, 2.45) is 0 Å². The summed E-state index contributed by atoms with van der Waals surface area (Å²) < 4.78 is 38.3. The van der Waals surface area contributed by atoms with Crippen LogP contribution in [0.15, 0.2) is 53.8 Å². The van der Waals surface area contributed by atoms with Gasteiger partial charge in [0.1, 0.15) is 5.82 Å². The number of carbonyl (C=O) groups is 1. The van der Waals surface area contributed by atoms with E-state index in [-0.39, 0.29) is 22.9 Å². The van der Waals surface area contributed by atoms with Crippen LogP contribution in [0.2, 0.25) is 0 Å². The van der Waals surface area contributed by atoms with Gasteiger partial charge in [-0.2, -0.15) is 5.10 Å². The van der Waals surface area contributed by atoms with E-state index in [9.17, 15) is 17.6 Å². The molecule has 1 atom stereocenters. The monoisotopic (exact) mass is 457 g/mol. The molecule has 1 aliphatic heterocycles. The van der Waals surface area contributed by atoms with Gasteiger partial charge in [-0.1, -0.05) is 13.0 Å². The largest absolute Gasteiger partial charge is 0.331 e. The summed E-state index contributed by atoms with van der Waals surface area (Å²) in [4.78, 5) is 18.8. The zero-order chi connectivity index (χ0) is 22.9. The molecule has 1 N–H and O–H groups in total. The van der Waals surface area contributed by atoms with Crippen LogP contribution in [0.1, 0.15) is 37.1 Å². The van der Waals surface area contributed by atoms with Crippen molar-refractivity contribution in [1.29, 1.82) is 0 Å². The van der Waals surface area contributed by atoms with Gasteiger partial charge in [0.2, 0.25) is 0 Å². The molecule has 0 saturated carbocycles. The number of anilines is 1. The Labute approximate surface area is 186 Å². The fourth-order valence-electron chi connectivity index (χ4n) is 3.83. The molecule has 4 rings (SSSR count). The standard InChI is InChI=1S/C22H24FN5O3S/c1-3-18(15-6-11-21(24-13-15)32(2,30)31)26-22(29)27-12-4-5-19-20(27)14-25-28(19)17-9-7-16(23)8-10-17/h6-11,13-14,18H,3-5,12H2,1-2H3,(H,26,29)/t18-/m0/s1. The van der Waals surface area contributed by atoms with Crippen LogP contribution >= 0.6 is 0 Å². The van der Waals surface area contributed by atoms with Gasteiger partial charge >= 0.3 is 6.03 Å². The van der Waals surface area contributed by atoms with Gasteiger partial charge < -0.3 is 5.32 Å².